The number of rotatable bonds is 4. The molecule has 7 nitrogen and oxygen atoms in total. The highest BCUT2D eigenvalue weighted by molar-refractivity contribution is 7.71. The minimum atomic E-state index is -0.224. The Morgan fingerprint density at radius 1 is 1.35 bits per heavy atom. The number of hydrogen-bond donors (Lipinski definition) is 2. The fraction of sp³-hybridized carbons (Fsp3) is 0.200. The molecular weight excluding hydrogens is 314 g/mol. The quantitative estimate of drug-likeness (QED) is 0.715. The van der Waals surface area contributed by atoms with Crippen molar-refractivity contribution in [2.45, 2.75) is 13.0 Å². The maximum atomic E-state index is 12.5. The molecule has 0 radical (unpaired) electrons. The van der Waals surface area contributed by atoms with Crippen molar-refractivity contribution in [2.75, 3.05) is 5.32 Å². The molecule has 2 aromatic heterocycles. The van der Waals surface area contributed by atoms with Crippen molar-refractivity contribution in [1.82, 2.24) is 19.3 Å². The van der Waals surface area contributed by atoms with Crippen LogP contribution < -0.4 is 10.9 Å². The number of aromatic amines is 1. The third-order valence-electron chi connectivity index (χ3n) is 3.43. The second-order valence-corrected chi connectivity index (χ2v) is 5.49. The van der Waals surface area contributed by atoms with E-state index in [1.165, 1.54) is 4.57 Å². The van der Waals surface area contributed by atoms with Gasteiger partial charge in [0, 0.05) is 32.3 Å². The van der Waals surface area contributed by atoms with Crippen LogP contribution in [0.2, 0.25) is 0 Å². The van der Waals surface area contributed by atoms with Crippen molar-refractivity contribution >= 4 is 34.8 Å². The highest BCUT2D eigenvalue weighted by Crippen LogP contribution is 2.07. The molecule has 23 heavy (non-hydrogen) atoms. The summed E-state index contributed by atoms with van der Waals surface area (Å²) in [6.07, 6.45) is 1.87. The summed E-state index contributed by atoms with van der Waals surface area (Å²) in [5.74, 6) is 0.256. The summed E-state index contributed by atoms with van der Waals surface area (Å²) in [4.78, 5) is 27.4. The number of carbonyl (C=O) groups excluding carboxylic acids is 1. The van der Waals surface area contributed by atoms with Crippen LogP contribution >= 0.6 is 12.2 Å². The Bertz CT molecular complexity index is 985. The third kappa shape index (κ3) is 3.21. The molecule has 3 aromatic rings. The molecule has 0 aliphatic rings. The third-order valence-corrected chi connectivity index (χ3v) is 3.76. The van der Waals surface area contributed by atoms with E-state index in [1.54, 1.807) is 42.2 Å². The lowest BCUT2D eigenvalue weighted by Crippen LogP contribution is -2.25. The van der Waals surface area contributed by atoms with Crippen LogP contribution in [0.4, 0.5) is 5.82 Å². The van der Waals surface area contributed by atoms with Gasteiger partial charge in [-0.05, 0) is 24.4 Å². The van der Waals surface area contributed by atoms with Crippen LogP contribution in [-0.2, 0) is 18.4 Å². The van der Waals surface area contributed by atoms with Crippen LogP contribution in [-0.4, -0.2) is 25.2 Å². The summed E-state index contributed by atoms with van der Waals surface area (Å²) in [5.41, 5.74) is 0.492. The zero-order chi connectivity index (χ0) is 16.4. The van der Waals surface area contributed by atoms with Gasteiger partial charge in [0.25, 0.3) is 5.56 Å². The number of aryl methyl sites for hydroxylation is 1. The van der Waals surface area contributed by atoms with E-state index in [0.717, 1.165) is 0 Å². The average Bonchev–Trinajstić information content (AvgIpc) is 2.92. The molecule has 0 aliphatic heterocycles. The standard InChI is InChI=1S/C15H15N5O2S/c1-19-8-6-12(18-19)17-13(21)7-9-20-14(22)10-4-2-3-5-11(10)16-15(20)23/h2-6,8H,7,9H2,1H3,(H,16,23)(H,17,18,21). The van der Waals surface area contributed by atoms with Gasteiger partial charge in [0.15, 0.2) is 10.6 Å². The van der Waals surface area contributed by atoms with E-state index < -0.39 is 0 Å². The maximum absolute atomic E-state index is 12.5. The largest absolute Gasteiger partial charge is 0.332 e. The Labute approximate surface area is 136 Å². The summed E-state index contributed by atoms with van der Waals surface area (Å²) >= 11 is 5.21. The summed E-state index contributed by atoms with van der Waals surface area (Å²) in [5, 5.41) is 7.30. The number of H-pyrrole nitrogens is 1. The van der Waals surface area contributed by atoms with Crippen LogP contribution in [0.5, 0.6) is 0 Å². The Balaban J connectivity index is 1.78. The van der Waals surface area contributed by atoms with Crippen molar-refractivity contribution in [2.24, 2.45) is 7.05 Å². The van der Waals surface area contributed by atoms with Crippen molar-refractivity contribution in [3.8, 4) is 0 Å². The number of nitrogens with zero attached hydrogens (tertiary/aromatic N) is 3. The summed E-state index contributed by atoms with van der Waals surface area (Å²) < 4.78 is 3.30. The zero-order valence-electron chi connectivity index (χ0n) is 12.4. The SMILES string of the molecule is Cn1ccc(NC(=O)CCn2c(=S)[nH]c3ccccc3c2=O)n1. The van der Waals surface area contributed by atoms with E-state index in [0.29, 0.717) is 21.5 Å². The van der Waals surface area contributed by atoms with Crippen LogP contribution in [0.25, 0.3) is 10.9 Å². The smallest absolute Gasteiger partial charge is 0.262 e. The van der Waals surface area contributed by atoms with Crippen molar-refractivity contribution in [3.05, 3.63) is 51.7 Å². The molecule has 0 spiro atoms. The fourth-order valence-electron chi connectivity index (χ4n) is 2.30. The summed E-state index contributed by atoms with van der Waals surface area (Å²) in [6.45, 7) is 0.206. The number of anilines is 1. The average molecular weight is 329 g/mol. The van der Waals surface area contributed by atoms with Gasteiger partial charge in [-0.1, -0.05) is 12.1 Å². The number of aromatic nitrogens is 4. The van der Waals surface area contributed by atoms with Gasteiger partial charge in [0.2, 0.25) is 5.91 Å². The molecule has 0 unspecified atom stereocenters. The molecule has 1 amide bonds. The van der Waals surface area contributed by atoms with Crippen LogP contribution in [0.1, 0.15) is 6.42 Å². The highest BCUT2D eigenvalue weighted by atomic mass is 32.1. The molecule has 1 aromatic carbocycles. The Morgan fingerprint density at radius 2 is 2.13 bits per heavy atom. The van der Waals surface area contributed by atoms with Gasteiger partial charge in [0.1, 0.15) is 0 Å². The maximum Gasteiger partial charge on any atom is 0.262 e. The van der Waals surface area contributed by atoms with Crippen LogP contribution in [0, 0.1) is 4.77 Å². The van der Waals surface area contributed by atoms with Gasteiger partial charge >= 0.3 is 0 Å². The molecule has 3 rings (SSSR count). The minimum absolute atomic E-state index is 0.131. The second-order valence-electron chi connectivity index (χ2n) is 5.11. The van der Waals surface area contributed by atoms with Gasteiger partial charge in [-0.25, -0.2) is 0 Å². The van der Waals surface area contributed by atoms with Crippen LogP contribution in [0.15, 0.2) is 41.3 Å². The molecule has 0 atom stereocenters. The number of amides is 1. The predicted molar refractivity (Wildman–Crippen MR) is 89.8 cm³/mol. The number of para-hydroxylation sites is 1. The number of benzene rings is 1. The second kappa shape index (κ2) is 6.17. The van der Waals surface area contributed by atoms with Gasteiger partial charge in [-0.15, -0.1) is 0 Å². The number of hydrogen-bond acceptors (Lipinski definition) is 4. The predicted octanol–water partition coefficient (Wildman–Crippen LogP) is 1.82. The van der Waals surface area contributed by atoms with E-state index in [-0.39, 0.29) is 24.4 Å². The molecule has 2 heterocycles. The summed E-state index contributed by atoms with van der Waals surface area (Å²) in [7, 11) is 1.77. The van der Waals surface area contributed by atoms with E-state index in [4.69, 9.17) is 12.2 Å². The van der Waals surface area contributed by atoms with Crippen molar-refractivity contribution < 1.29 is 4.79 Å². The summed E-state index contributed by atoms with van der Waals surface area (Å²) in [6, 6.07) is 8.85. The van der Waals surface area contributed by atoms with E-state index in [1.807, 2.05) is 6.07 Å². The monoisotopic (exact) mass is 329 g/mol. The molecule has 118 valence electrons. The Kier molecular flexibility index (Phi) is 4.07. The van der Waals surface area contributed by atoms with Gasteiger partial charge in [0.05, 0.1) is 10.9 Å². The first-order valence-corrected chi connectivity index (χ1v) is 7.47. The lowest BCUT2D eigenvalue weighted by molar-refractivity contribution is -0.116. The zero-order valence-corrected chi connectivity index (χ0v) is 13.3. The van der Waals surface area contributed by atoms with Crippen LogP contribution in [0.3, 0.4) is 0 Å². The molecule has 0 aliphatic carbocycles. The number of nitrogens with one attached hydrogen (secondary N) is 2. The molecular formula is C15H15N5O2S. The van der Waals surface area contributed by atoms with Gasteiger partial charge in [-0.2, -0.15) is 5.10 Å². The molecule has 0 fully saturated rings. The molecule has 0 bridgehead atoms. The van der Waals surface area contributed by atoms with Gasteiger partial charge < -0.3 is 10.3 Å². The first kappa shape index (κ1) is 15.2. The molecule has 2 N–H and O–H groups in total. The van der Waals surface area contributed by atoms with Crippen molar-refractivity contribution in [3.63, 3.8) is 0 Å². The highest BCUT2D eigenvalue weighted by Gasteiger charge is 2.09. The van der Waals surface area contributed by atoms with E-state index in [2.05, 4.69) is 15.4 Å². The number of carbonyl (C=O) groups is 1. The van der Waals surface area contributed by atoms with E-state index >= 15 is 0 Å². The normalized spacial score (nSPS) is 10.8. The molecule has 0 saturated heterocycles. The lowest BCUT2D eigenvalue weighted by atomic mass is 10.2. The first-order valence-electron chi connectivity index (χ1n) is 7.06. The van der Waals surface area contributed by atoms with Crippen molar-refractivity contribution in [1.29, 1.82) is 0 Å². The fourth-order valence-corrected chi connectivity index (χ4v) is 2.59. The first-order chi connectivity index (χ1) is 11.0. The minimum Gasteiger partial charge on any atom is -0.332 e. The topological polar surface area (TPSA) is 84.7 Å². The van der Waals surface area contributed by atoms with E-state index in [9.17, 15) is 9.59 Å². The molecule has 8 heteroatoms. The number of fused-ring (bicyclic) bond motifs is 1. The molecule has 0 saturated carbocycles. The Hall–Kier alpha value is -2.74. The Morgan fingerprint density at radius 3 is 2.87 bits per heavy atom. The van der Waals surface area contributed by atoms with Gasteiger partial charge in [-0.3, -0.25) is 18.8 Å². The lowest BCUT2D eigenvalue weighted by Gasteiger charge is -2.08.